The smallest absolute Gasteiger partial charge is 0.194 e. The van der Waals surface area contributed by atoms with Crippen LogP contribution in [0.15, 0.2) is 84.5 Å². The maximum absolute atomic E-state index is 5.81. The molecule has 23 heavy (non-hydrogen) atoms. The summed E-state index contributed by atoms with van der Waals surface area (Å²) in [5.74, 6) is 1.66. The Balaban J connectivity index is 1.54. The van der Waals surface area contributed by atoms with E-state index in [1.807, 2.05) is 83.7 Å². The lowest BCUT2D eigenvalue weighted by Crippen LogP contribution is -1.88. The molecule has 2 aromatic carbocycles. The lowest BCUT2D eigenvalue weighted by atomic mass is 10.2. The van der Waals surface area contributed by atoms with E-state index in [-0.39, 0.29) is 0 Å². The number of aromatic nitrogens is 2. The van der Waals surface area contributed by atoms with Crippen molar-refractivity contribution in [2.24, 2.45) is 0 Å². The highest BCUT2D eigenvalue weighted by Gasteiger charge is 2.06. The average molecular weight is 318 g/mol. The van der Waals surface area contributed by atoms with Crippen LogP contribution in [0.4, 0.5) is 0 Å². The van der Waals surface area contributed by atoms with E-state index in [0.717, 1.165) is 27.9 Å². The van der Waals surface area contributed by atoms with E-state index >= 15 is 0 Å². The van der Waals surface area contributed by atoms with Gasteiger partial charge in [-0.25, -0.2) is 4.98 Å². The van der Waals surface area contributed by atoms with Gasteiger partial charge in [-0.2, -0.15) is 0 Å². The Morgan fingerprint density at radius 2 is 1.48 bits per heavy atom. The number of para-hydroxylation sites is 1. The van der Waals surface area contributed by atoms with Gasteiger partial charge in [0.1, 0.15) is 11.5 Å². The number of benzene rings is 2. The van der Waals surface area contributed by atoms with Crippen molar-refractivity contribution in [1.82, 2.24) is 9.55 Å². The zero-order valence-corrected chi connectivity index (χ0v) is 13.1. The first-order chi connectivity index (χ1) is 11.4. The van der Waals surface area contributed by atoms with Crippen molar-refractivity contribution in [2.75, 3.05) is 0 Å². The SMILES string of the molecule is c1ccc(Oc2ccc(-c3csc(-n4cccc4)n3)cc2)cc1. The Morgan fingerprint density at radius 3 is 2.22 bits per heavy atom. The first-order valence-electron chi connectivity index (χ1n) is 7.31. The first-order valence-corrected chi connectivity index (χ1v) is 8.19. The second-order valence-electron chi connectivity index (χ2n) is 5.05. The number of hydrogen-bond donors (Lipinski definition) is 0. The Morgan fingerprint density at radius 1 is 0.783 bits per heavy atom. The molecule has 4 aromatic rings. The van der Waals surface area contributed by atoms with Crippen LogP contribution in [0.2, 0.25) is 0 Å². The Bertz CT molecular complexity index is 881. The maximum atomic E-state index is 5.81. The fourth-order valence-corrected chi connectivity index (χ4v) is 3.10. The van der Waals surface area contributed by atoms with Gasteiger partial charge in [-0.3, -0.25) is 0 Å². The molecule has 0 saturated heterocycles. The average Bonchev–Trinajstić information content (AvgIpc) is 3.28. The molecule has 0 N–H and O–H groups in total. The van der Waals surface area contributed by atoms with Crippen molar-refractivity contribution < 1.29 is 4.74 Å². The molecule has 0 saturated carbocycles. The monoisotopic (exact) mass is 318 g/mol. The van der Waals surface area contributed by atoms with Crippen molar-refractivity contribution in [3.8, 4) is 27.9 Å². The summed E-state index contributed by atoms with van der Waals surface area (Å²) < 4.78 is 7.83. The minimum Gasteiger partial charge on any atom is -0.457 e. The molecule has 0 atom stereocenters. The van der Waals surface area contributed by atoms with E-state index in [0.29, 0.717) is 0 Å². The maximum Gasteiger partial charge on any atom is 0.194 e. The van der Waals surface area contributed by atoms with Crippen molar-refractivity contribution >= 4 is 11.3 Å². The van der Waals surface area contributed by atoms with Crippen LogP contribution in [-0.2, 0) is 0 Å². The second kappa shape index (κ2) is 6.10. The van der Waals surface area contributed by atoms with Crippen molar-refractivity contribution in [1.29, 1.82) is 0 Å². The van der Waals surface area contributed by atoms with Gasteiger partial charge in [0.25, 0.3) is 0 Å². The number of nitrogens with zero attached hydrogens (tertiary/aromatic N) is 2. The molecule has 0 unspecified atom stereocenters. The standard InChI is InChI=1S/C19H14N2OS/c1-2-6-16(7-3-1)22-17-10-8-15(9-11-17)18-14-23-19(20-18)21-12-4-5-13-21/h1-14H. The molecule has 3 nitrogen and oxygen atoms in total. The molecule has 0 fully saturated rings. The summed E-state index contributed by atoms with van der Waals surface area (Å²) >= 11 is 1.63. The van der Waals surface area contributed by atoms with Crippen LogP contribution in [0.1, 0.15) is 0 Å². The molecule has 0 bridgehead atoms. The highest BCUT2D eigenvalue weighted by Crippen LogP contribution is 2.27. The summed E-state index contributed by atoms with van der Waals surface area (Å²) in [6.07, 6.45) is 4.00. The van der Waals surface area contributed by atoms with Gasteiger partial charge in [-0.15, -0.1) is 11.3 Å². The molecule has 4 heteroatoms. The molecule has 2 aromatic heterocycles. The van der Waals surface area contributed by atoms with E-state index in [2.05, 4.69) is 10.4 Å². The third-order valence-corrected chi connectivity index (χ3v) is 4.30. The van der Waals surface area contributed by atoms with Crippen molar-refractivity contribution in [2.45, 2.75) is 0 Å². The molecule has 0 aliphatic carbocycles. The van der Waals surface area contributed by atoms with Gasteiger partial charge < -0.3 is 9.30 Å². The molecule has 0 aliphatic heterocycles. The van der Waals surface area contributed by atoms with E-state index in [4.69, 9.17) is 4.74 Å². The molecule has 4 rings (SSSR count). The van der Waals surface area contributed by atoms with Crippen LogP contribution >= 0.6 is 11.3 Å². The van der Waals surface area contributed by atoms with E-state index in [1.165, 1.54) is 0 Å². The largest absolute Gasteiger partial charge is 0.457 e. The van der Waals surface area contributed by atoms with Gasteiger partial charge >= 0.3 is 0 Å². The summed E-state index contributed by atoms with van der Waals surface area (Å²) in [6, 6.07) is 21.8. The molecular formula is C19H14N2OS. The third-order valence-electron chi connectivity index (χ3n) is 3.45. The first kappa shape index (κ1) is 13.8. The van der Waals surface area contributed by atoms with E-state index < -0.39 is 0 Å². The summed E-state index contributed by atoms with van der Waals surface area (Å²) in [7, 11) is 0. The number of ether oxygens (including phenoxy) is 1. The zero-order chi connectivity index (χ0) is 15.5. The van der Waals surface area contributed by atoms with Gasteiger partial charge in [0.2, 0.25) is 0 Å². The summed E-state index contributed by atoms with van der Waals surface area (Å²) in [5, 5.41) is 3.04. The molecule has 0 amide bonds. The fraction of sp³-hybridized carbons (Fsp3) is 0. The predicted octanol–water partition coefficient (Wildman–Crippen LogP) is 5.39. The van der Waals surface area contributed by atoms with Gasteiger partial charge in [-0.05, 0) is 48.5 Å². The lowest BCUT2D eigenvalue weighted by molar-refractivity contribution is 0.483. The van der Waals surface area contributed by atoms with E-state index in [9.17, 15) is 0 Å². The van der Waals surface area contributed by atoms with Gasteiger partial charge in [0.15, 0.2) is 5.13 Å². The normalized spacial score (nSPS) is 10.6. The molecular weight excluding hydrogens is 304 g/mol. The quantitative estimate of drug-likeness (QED) is 0.504. The predicted molar refractivity (Wildman–Crippen MR) is 93.4 cm³/mol. The topological polar surface area (TPSA) is 27.1 Å². The van der Waals surface area contributed by atoms with Crippen LogP contribution in [0.3, 0.4) is 0 Å². The fourth-order valence-electron chi connectivity index (χ4n) is 2.30. The summed E-state index contributed by atoms with van der Waals surface area (Å²) in [6.45, 7) is 0. The highest BCUT2D eigenvalue weighted by molar-refractivity contribution is 7.12. The van der Waals surface area contributed by atoms with Crippen LogP contribution in [-0.4, -0.2) is 9.55 Å². The van der Waals surface area contributed by atoms with E-state index in [1.54, 1.807) is 11.3 Å². The van der Waals surface area contributed by atoms with Crippen LogP contribution in [0, 0.1) is 0 Å². The molecule has 0 radical (unpaired) electrons. The second-order valence-corrected chi connectivity index (χ2v) is 5.88. The minimum absolute atomic E-state index is 0.820. The van der Waals surface area contributed by atoms with Crippen LogP contribution in [0.25, 0.3) is 16.4 Å². The summed E-state index contributed by atoms with van der Waals surface area (Å²) in [4.78, 5) is 4.68. The van der Waals surface area contributed by atoms with Gasteiger partial charge in [0.05, 0.1) is 5.69 Å². The Kier molecular flexibility index (Phi) is 3.66. The van der Waals surface area contributed by atoms with Crippen LogP contribution in [0.5, 0.6) is 11.5 Å². The molecule has 2 heterocycles. The van der Waals surface area contributed by atoms with Crippen molar-refractivity contribution in [3.05, 3.63) is 84.5 Å². The highest BCUT2D eigenvalue weighted by atomic mass is 32.1. The number of thiazole rings is 1. The third kappa shape index (κ3) is 3.03. The lowest BCUT2D eigenvalue weighted by Gasteiger charge is -2.05. The number of hydrogen-bond acceptors (Lipinski definition) is 3. The molecule has 0 spiro atoms. The van der Waals surface area contributed by atoms with Crippen molar-refractivity contribution in [3.63, 3.8) is 0 Å². The van der Waals surface area contributed by atoms with Crippen LogP contribution < -0.4 is 4.74 Å². The van der Waals surface area contributed by atoms with Gasteiger partial charge in [0, 0.05) is 23.3 Å². The zero-order valence-electron chi connectivity index (χ0n) is 12.3. The van der Waals surface area contributed by atoms with Gasteiger partial charge in [-0.1, -0.05) is 18.2 Å². The Labute approximate surface area is 138 Å². The minimum atomic E-state index is 0.820. The Hall–Kier alpha value is -2.85. The molecule has 112 valence electrons. The molecule has 0 aliphatic rings. The summed E-state index contributed by atoms with van der Waals surface area (Å²) in [5.41, 5.74) is 2.06. The number of rotatable bonds is 4.